The SMILES string of the molecule is CCC(N)C(OC(C)c1ccccc1)c1ccncc1. The van der Waals surface area contributed by atoms with Crippen molar-refractivity contribution in [2.24, 2.45) is 5.73 Å². The molecule has 2 N–H and O–H groups in total. The van der Waals surface area contributed by atoms with Crippen LogP contribution in [-0.4, -0.2) is 11.0 Å². The zero-order valence-electron chi connectivity index (χ0n) is 12.1. The maximum absolute atomic E-state index is 6.23. The molecule has 0 fully saturated rings. The lowest BCUT2D eigenvalue weighted by molar-refractivity contribution is -0.0199. The molecule has 3 unspecified atom stereocenters. The monoisotopic (exact) mass is 270 g/mol. The van der Waals surface area contributed by atoms with E-state index < -0.39 is 0 Å². The fourth-order valence-electron chi connectivity index (χ4n) is 2.22. The van der Waals surface area contributed by atoms with E-state index in [9.17, 15) is 0 Å². The number of hydrogen-bond donors (Lipinski definition) is 1. The van der Waals surface area contributed by atoms with E-state index in [1.165, 1.54) is 0 Å². The third-order valence-electron chi connectivity index (χ3n) is 3.51. The molecule has 2 aromatic rings. The maximum atomic E-state index is 6.23. The summed E-state index contributed by atoms with van der Waals surface area (Å²) < 4.78 is 6.22. The molecular weight excluding hydrogens is 248 g/mol. The molecule has 0 bridgehead atoms. The first-order valence-corrected chi connectivity index (χ1v) is 7.08. The molecule has 0 aliphatic carbocycles. The maximum Gasteiger partial charge on any atom is 0.0984 e. The van der Waals surface area contributed by atoms with Crippen LogP contribution >= 0.6 is 0 Å². The van der Waals surface area contributed by atoms with Gasteiger partial charge in [0.25, 0.3) is 0 Å². The van der Waals surface area contributed by atoms with Gasteiger partial charge >= 0.3 is 0 Å². The molecule has 0 aliphatic heterocycles. The van der Waals surface area contributed by atoms with Crippen molar-refractivity contribution in [2.75, 3.05) is 0 Å². The quantitative estimate of drug-likeness (QED) is 0.871. The molecular formula is C17H22N2O. The summed E-state index contributed by atoms with van der Waals surface area (Å²) in [6.07, 6.45) is 4.32. The zero-order valence-corrected chi connectivity index (χ0v) is 12.1. The van der Waals surface area contributed by atoms with Crippen molar-refractivity contribution in [2.45, 2.75) is 38.5 Å². The van der Waals surface area contributed by atoms with Gasteiger partial charge in [0.05, 0.1) is 12.2 Å². The van der Waals surface area contributed by atoms with Gasteiger partial charge in [-0.2, -0.15) is 0 Å². The third kappa shape index (κ3) is 3.65. The van der Waals surface area contributed by atoms with Gasteiger partial charge in [0.2, 0.25) is 0 Å². The Balaban J connectivity index is 2.17. The molecule has 1 aromatic carbocycles. The van der Waals surface area contributed by atoms with Crippen LogP contribution in [0.3, 0.4) is 0 Å². The van der Waals surface area contributed by atoms with E-state index in [2.05, 4.69) is 31.0 Å². The molecule has 106 valence electrons. The second-order valence-electron chi connectivity index (χ2n) is 4.96. The minimum Gasteiger partial charge on any atom is -0.364 e. The highest BCUT2D eigenvalue weighted by atomic mass is 16.5. The highest BCUT2D eigenvalue weighted by molar-refractivity contribution is 5.19. The Bertz CT molecular complexity index is 501. The Kier molecular flexibility index (Phi) is 5.27. The molecule has 20 heavy (non-hydrogen) atoms. The number of aromatic nitrogens is 1. The molecule has 0 saturated heterocycles. The Morgan fingerprint density at radius 2 is 1.70 bits per heavy atom. The summed E-state index contributed by atoms with van der Waals surface area (Å²) in [6, 6.07) is 14.1. The predicted molar refractivity (Wildman–Crippen MR) is 81.2 cm³/mol. The van der Waals surface area contributed by atoms with Crippen LogP contribution in [0.5, 0.6) is 0 Å². The average Bonchev–Trinajstić information content (AvgIpc) is 2.53. The minimum atomic E-state index is -0.113. The Morgan fingerprint density at radius 3 is 2.30 bits per heavy atom. The lowest BCUT2D eigenvalue weighted by Crippen LogP contribution is -2.30. The first kappa shape index (κ1) is 14.7. The lowest BCUT2D eigenvalue weighted by Gasteiger charge is -2.27. The summed E-state index contributed by atoms with van der Waals surface area (Å²) in [4.78, 5) is 4.05. The summed E-state index contributed by atoms with van der Waals surface area (Å²) in [6.45, 7) is 4.14. The molecule has 3 atom stereocenters. The summed E-state index contributed by atoms with van der Waals surface area (Å²) in [7, 11) is 0. The first-order valence-electron chi connectivity index (χ1n) is 7.08. The van der Waals surface area contributed by atoms with Crippen molar-refractivity contribution in [3.8, 4) is 0 Å². The van der Waals surface area contributed by atoms with Gasteiger partial charge in [-0.05, 0) is 36.6 Å². The second-order valence-corrected chi connectivity index (χ2v) is 4.96. The molecule has 0 amide bonds. The molecule has 2 rings (SSSR count). The molecule has 3 nitrogen and oxygen atoms in total. The van der Waals surface area contributed by atoms with Crippen LogP contribution in [0, 0.1) is 0 Å². The topological polar surface area (TPSA) is 48.1 Å². The number of ether oxygens (including phenoxy) is 1. The van der Waals surface area contributed by atoms with Gasteiger partial charge in [-0.25, -0.2) is 0 Å². The largest absolute Gasteiger partial charge is 0.364 e. The van der Waals surface area contributed by atoms with E-state index in [1.54, 1.807) is 12.4 Å². The zero-order chi connectivity index (χ0) is 14.4. The number of hydrogen-bond acceptors (Lipinski definition) is 3. The summed E-state index contributed by atoms with van der Waals surface area (Å²) in [5.41, 5.74) is 8.47. The number of pyridine rings is 1. The smallest absolute Gasteiger partial charge is 0.0984 e. The van der Waals surface area contributed by atoms with Gasteiger partial charge in [-0.15, -0.1) is 0 Å². The summed E-state index contributed by atoms with van der Waals surface area (Å²) in [5.74, 6) is 0. The number of rotatable bonds is 6. The highest BCUT2D eigenvalue weighted by Crippen LogP contribution is 2.29. The van der Waals surface area contributed by atoms with E-state index in [-0.39, 0.29) is 18.2 Å². The number of nitrogens with two attached hydrogens (primary N) is 1. The van der Waals surface area contributed by atoms with E-state index in [1.807, 2.05) is 30.3 Å². The third-order valence-corrected chi connectivity index (χ3v) is 3.51. The van der Waals surface area contributed by atoms with E-state index in [0.29, 0.717) is 0 Å². The normalized spacial score (nSPS) is 15.6. The Morgan fingerprint density at radius 1 is 1.05 bits per heavy atom. The highest BCUT2D eigenvalue weighted by Gasteiger charge is 2.22. The molecule has 1 aromatic heterocycles. The van der Waals surface area contributed by atoms with Crippen LogP contribution < -0.4 is 5.73 Å². The van der Waals surface area contributed by atoms with Crippen LogP contribution in [0.2, 0.25) is 0 Å². The molecule has 1 heterocycles. The fraction of sp³-hybridized carbons (Fsp3) is 0.353. The van der Waals surface area contributed by atoms with Gasteiger partial charge in [0.15, 0.2) is 0 Å². The lowest BCUT2D eigenvalue weighted by atomic mass is 10.0. The minimum absolute atomic E-state index is 0.00645. The van der Waals surface area contributed by atoms with E-state index in [0.717, 1.165) is 17.5 Å². The van der Waals surface area contributed by atoms with E-state index >= 15 is 0 Å². The Labute approximate surface area is 120 Å². The van der Waals surface area contributed by atoms with Crippen LogP contribution in [0.15, 0.2) is 54.9 Å². The predicted octanol–water partition coefficient (Wildman–Crippen LogP) is 3.64. The van der Waals surface area contributed by atoms with Crippen molar-refractivity contribution in [3.63, 3.8) is 0 Å². The number of nitrogens with zero attached hydrogens (tertiary/aromatic N) is 1. The number of benzene rings is 1. The van der Waals surface area contributed by atoms with E-state index in [4.69, 9.17) is 10.5 Å². The molecule has 3 heteroatoms. The van der Waals surface area contributed by atoms with Crippen molar-refractivity contribution in [1.29, 1.82) is 0 Å². The van der Waals surface area contributed by atoms with Gasteiger partial charge in [0.1, 0.15) is 0 Å². The summed E-state index contributed by atoms with van der Waals surface area (Å²) in [5, 5.41) is 0. The Hall–Kier alpha value is -1.71. The van der Waals surface area contributed by atoms with Gasteiger partial charge in [-0.1, -0.05) is 37.3 Å². The van der Waals surface area contributed by atoms with Crippen molar-refractivity contribution >= 4 is 0 Å². The van der Waals surface area contributed by atoms with Gasteiger partial charge in [-0.3, -0.25) is 4.98 Å². The fourth-order valence-corrected chi connectivity index (χ4v) is 2.22. The average molecular weight is 270 g/mol. The standard InChI is InChI=1S/C17H22N2O/c1-3-16(18)17(15-9-11-19-12-10-15)20-13(2)14-7-5-4-6-8-14/h4-13,16-17H,3,18H2,1-2H3. The molecule has 0 spiro atoms. The van der Waals surface area contributed by atoms with Crippen LogP contribution in [0.25, 0.3) is 0 Å². The van der Waals surface area contributed by atoms with Gasteiger partial charge < -0.3 is 10.5 Å². The first-order chi connectivity index (χ1) is 9.72. The van der Waals surface area contributed by atoms with Crippen LogP contribution in [-0.2, 0) is 4.74 Å². The van der Waals surface area contributed by atoms with Gasteiger partial charge in [0, 0.05) is 18.4 Å². The molecule has 0 aliphatic rings. The van der Waals surface area contributed by atoms with Crippen molar-refractivity contribution in [3.05, 3.63) is 66.0 Å². The van der Waals surface area contributed by atoms with Crippen molar-refractivity contribution in [1.82, 2.24) is 4.98 Å². The summed E-state index contributed by atoms with van der Waals surface area (Å²) >= 11 is 0. The molecule has 0 saturated carbocycles. The van der Waals surface area contributed by atoms with Crippen molar-refractivity contribution < 1.29 is 4.74 Å². The molecule has 0 radical (unpaired) electrons. The van der Waals surface area contributed by atoms with Crippen LogP contribution in [0.4, 0.5) is 0 Å². The second kappa shape index (κ2) is 7.17. The van der Waals surface area contributed by atoms with Crippen LogP contribution in [0.1, 0.15) is 43.6 Å².